The van der Waals surface area contributed by atoms with Crippen LogP contribution in [0.15, 0.2) is 53.6 Å². The van der Waals surface area contributed by atoms with Crippen molar-refractivity contribution >= 4 is 18.4 Å². The predicted octanol–water partition coefficient (Wildman–Crippen LogP) is 4.02. The molecule has 0 radical (unpaired) electrons. The summed E-state index contributed by atoms with van der Waals surface area (Å²) in [4.78, 5) is 0. The maximum absolute atomic E-state index is 5.54. The highest BCUT2D eigenvalue weighted by atomic mass is 32.1. The van der Waals surface area contributed by atoms with E-state index in [2.05, 4.69) is 27.4 Å². The van der Waals surface area contributed by atoms with Crippen LogP contribution in [0.4, 0.5) is 0 Å². The van der Waals surface area contributed by atoms with Crippen LogP contribution in [0.25, 0.3) is 0 Å². The maximum Gasteiger partial charge on any atom is 0.216 e. The van der Waals surface area contributed by atoms with E-state index in [0.717, 1.165) is 24.2 Å². The molecule has 0 atom stereocenters. The van der Waals surface area contributed by atoms with Gasteiger partial charge in [0.05, 0.1) is 19.9 Å². The summed E-state index contributed by atoms with van der Waals surface area (Å²) in [6, 6.07) is 15.9. The molecule has 0 amide bonds. The summed E-state index contributed by atoms with van der Waals surface area (Å²) in [5.41, 5.74) is 2.13. The van der Waals surface area contributed by atoms with Gasteiger partial charge in [0.2, 0.25) is 4.77 Å². The second-order valence-electron chi connectivity index (χ2n) is 5.83. The van der Waals surface area contributed by atoms with Crippen molar-refractivity contribution in [3.63, 3.8) is 0 Å². The largest absolute Gasteiger partial charge is 0.493 e. The van der Waals surface area contributed by atoms with Crippen molar-refractivity contribution in [2.24, 2.45) is 5.10 Å². The molecule has 7 heteroatoms. The molecule has 6 nitrogen and oxygen atoms in total. The fraction of sp³-hybridized carbons (Fsp3) is 0.250. The van der Waals surface area contributed by atoms with Crippen molar-refractivity contribution in [2.45, 2.75) is 19.8 Å². The lowest BCUT2D eigenvalue weighted by atomic mass is 10.1. The second-order valence-corrected chi connectivity index (χ2v) is 6.22. The Morgan fingerprint density at radius 2 is 1.96 bits per heavy atom. The minimum absolute atomic E-state index is 0.465. The molecular weight excluding hydrogens is 360 g/mol. The van der Waals surface area contributed by atoms with E-state index < -0.39 is 0 Å². The topological polar surface area (TPSA) is 64.4 Å². The molecule has 1 N–H and O–H groups in total. The van der Waals surface area contributed by atoms with Crippen molar-refractivity contribution in [1.82, 2.24) is 14.9 Å². The molecule has 0 fully saturated rings. The summed E-state index contributed by atoms with van der Waals surface area (Å²) >= 11 is 5.31. The van der Waals surface area contributed by atoms with Gasteiger partial charge in [0, 0.05) is 6.42 Å². The van der Waals surface area contributed by atoms with Crippen LogP contribution in [0.3, 0.4) is 0 Å². The molecule has 1 aromatic heterocycles. The Morgan fingerprint density at radius 1 is 1.15 bits per heavy atom. The van der Waals surface area contributed by atoms with Crippen molar-refractivity contribution in [3.05, 3.63) is 70.3 Å². The minimum Gasteiger partial charge on any atom is -0.493 e. The Labute approximate surface area is 163 Å². The average Bonchev–Trinajstić information content (AvgIpc) is 3.06. The van der Waals surface area contributed by atoms with Crippen molar-refractivity contribution in [2.75, 3.05) is 13.7 Å². The fourth-order valence-corrected chi connectivity index (χ4v) is 2.87. The van der Waals surface area contributed by atoms with Crippen LogP contribution in [-0.2, 0) is 12.8 Å². The second kappa shape index (κ2) is 9.14. The van der Waals surface area contributed by atoms with E-state index in [0.29, 0.717) is 22.9 Å². The van der Waals surface area contributed by atoms with Gasteiger partial charge in [-0.1, -0.05) is 30.3 Å². The van der Waals surface area contributed by atoms with Crippen molar-refractivity contribution in [1.29, 1.82) is 0 Å². The molecule has 27 heavy (non-hydrogen) atoms. The number of nitrogens with one attached hydrogen (secondary N) is 1. The van der Waals surface area contributed by atoms with E-state index in [4.69, 9.17) is 21.7 Å². The van der Waals surface area contributed by atoms with Gasteiger partial charge < -0.3 is 9.47 Å². The Kier molecular flexibility index (Phi) is 6.38. The number of hydrogen-bond acceptors (Lipinski definition) is 5. The number of aromatic amines is 1. The monoisotopic (exact) mass is 382 g/mol. The van der Waals surface area contributed by atoms with Gasteiger partial charge in [-0.05, 0) is 54.9 Å². The molecule has 140 valence electrons. The first-order chi connectivity index (χ1) is 13.2. The number of hydrogen-bond donors (Lipinski definition) is 1. The van der Waals surface area contributed by atoms with E-state index in [9.17, 15) is 0 Å². The summed E-state index contributed by atoms with van der Waals surface area (Å²) < 4.78 is 13.0. The lowest BCUT2D eigenvalue weighted by Gasteiger charge is -2.09. The first kappa shape index (κ1) is 18.8. The van der Waals surface area contributed by atoms with Crippen LogP contribution in [-0.4, -0.2) is 34.8 Å². The van der Waals surface area contributed by atoms with Crippen molar-refractivity contribution < 1.29 is 9.47 Å². The number of H-pyrrole nitrogens is 1. The van der Waals surface area contributed by atoms with Crippen LogP contribution < -0.4 is 9.47 Å². The van der Waals surface area contributed by atoms with Crippen LogP contribution in [0.2, 0.25) is 0 Å². The van der Waals surface area contributed by atoms with E-state index in [-0.39, 0.29) is 0 Å². The maximum atomic E-state index is 5.54. The quantitative estimate of drug-likeness (QED) is 0.472. The van der Waals surface area contributed by atoms with E-state index in [1.54, 1.807) is 18.0 Å². The summed E-state index contributed by atoms with van der Waals surface area (Å²) in [6.45, 7) is 2.52. The van der Waals surface area contributed by atoms with Crippen LogP contribution >= 0.6 is 12.2 Å². The number of nitrogens with zero attached hydrogens (tertiary/aromatic N) is 3. The zero-order valence-corrected chi connectivity index (χ0v) is 16.2. The Balaban J connectivity index is 1.77. The number of rotatable bonds is 8. The molecule has 0 saturated heterocycles. The Bertz CT molecular complexity index is 964. The average molecular weight is 382 g/mol. The Morgan fingerprint density at radius 3 is 2.70 bits per heavy atom. The third kappa shape index (κ3) is 4.83. The zero-order valence-electron chi connectivity index (χ0n) is 15.4. The number of aryl methyl sites for hydroxylation is 2. The van der Waals surface area contributed by atoms with Gasteiger partial charge in [-0.3, -0.25) is 5.10 Å². The lowest BCUT2D eigenvalue weighted by molar-refractivity contribution is 0.311. The molecule has 0 spiro atoms. The zero-order chi connectivity index (χ0) is 19.1. The van der Waals surface area contributed by atoms with Gasteiger partial charge in [0.15, 0.2) is 17.3 Å². The van der Waals surface area contributed by atoms with Crippen LogP contribution in [0, 0.1) is 4.77 Å². The van der Waals surface area contributed by atoms with Gasteiger partial charge >= 0.3 is 0 Å². The molecule has 0 saturated carbocycles. The standard InChI is InChI=1S/C20H22N4O2S/c1-3-26-17-11-9-16(13-18(17)25-2)14-21-24-19(22-23-20(24)27)12-10-15-7-5-4-6-8-15/h4-9,11,13-14H,3,10,12H2,1-2H3,(H,23,27)/b21-14-. The summed E-state index contributed by atoms with van der Waals surface area (Å²) in [7, 11) is 1.62. The molecule has 0 aliphatic rings. The smallest absolute Gasteiger partial charge is 0.216 e. The summed E-state index contributed by atoms with van der Waals surface area (Å²) in [6.07, 6.45) is 3.34. The first-order valence-electron chi connectivity index (χ1n) is 8.76. The fourth-order valence-electron chi connectivity index (χ4n) is 2.67. The number of methoxy groups -OCH3 is 1. The highest BCUT2D eigenvalue weighted by molar-refractivity contribution is 7.71. The number of benzene rings is 2. The molecule has 0 unspecified atom stereocenters. The van der Waals surface area contributed by atoms with E-state index >= 15 is 0 Å². The molecule has 0 bridgehead atoms. The third-order valence-electron chi connectivity index (χ3n) is 4.01. The summed E-state index contributed by atoms with van der Waals surface area (Å²) in [5.74, 6) is 2.17. The molecule has 0 aliphatic carbocycles. The van der Waals surface area contributed by atoms with Gasteiger partial charge in [-0.2, -0.15) is 14.9 Å². The summed E-state index contributed by atoms with van der Waals surface area (Å²) in [5, 5.41) is 11.6. The first-order valence-corrected chi connectivity index (χ1v) is 9.17. The molecule has 3 rings (SSSR count). The molecule has 1 heterocycles. The number of aromatic nitrogens is 3. The molecule has 3 aromatic rings. The van der Waals surface area contributed by atoms with Gasteiger partial charge in [0.25, 0.3) is 0 Å². The van der Waals surface area contributed by atoms with Crippen LogP contribution in [0.5, 0.6) is 11.5 Å². The highest BCUT2D eigenvalue weighted by Crippen LogP contribution is 2.27. The van der Waals surface area contributed by atoms with Gasteiger partial charge in [-0.25, -0.2) is 0 Å². The Hall–Kier alpha value is -2.93. The SMILES string of the molecule is CCOc1ccc(/C=N\n2c(CCc3ccccc3)n[nH]c2=S)cc1OC. The van der Waals surface area contributed by atoms with E-state index in [1.165, 1.54) is 5.56 Å². The highest BCUT2D eigenvalue weighted by Gasteiger charge is 2.07. The predicted molar refractivity (Wildman–Crippen MR) is 108 cm³/mol. The number of ether oxygens (including phenoxy) is 2. The molecule has 2 aromatic carbocycles. The van der Waals surface area contributed by atoms with Crippen molar-refractivity contribution in [3.8, 4) is 11.5 Å². The van der Waals surface area contributed by atoms with Gasteiger partial charge in [-0.15, -0.1) is 0 Å². The van der Waals surface area contributed by atoms with Gasteiger partial charge in [0.1, 0.15) is 0 Å². The van der Waals surface area contributed by atoms with Crippen LogP contribution in [0.1, 0.15) is 23.9 Å². The lowest BCUT2D eigenvalue weighted by Crippen LogP contribution is -2.02. The normalized spacial score (nSPS) is 11.0. The minimum atomic E-state index is 0.465. The molecular formula is C20H22N4O2S. The third-order valence-corrected chi connectivity index (χ3v) is 4.27. The van der Waals surface area contributed by atoms with E-state index in [1.807, 2.05) is 43.3 Å². The molecule has 0 aliphatic heterocycles.